The Morgan fingerprint density at radius 2 is 2.04 bits per heavy atom. The monoisotopic (exact) mass is 381 g/mol. The predicted molar refractivity (Wildman–Crippen MR) is 99.9 cm³/mol. The number of anilines is 1. The zero-order valence-corrected chi connectivity index (χ0v) is 15.2. The van der Waals surface area contributed by atoms with Gasteiger partial charge in [-0.1, -0.05) is 18.2 Å². The second-order valence-corrected chi connectivity index (χ2v) is 6.47. The Morgan fingerprint density at radius 3 is 2.86 bits per heavy atom. The highest BCUT2D eigenvalue weighted by Gasteiger charge is 2.36. The van der Waals surface area contributed by atoms with Crippen LogP contribution in [0.2, 0.25) is 0 Å². The molecule has 1 saturated carbocycles. The number of hydrogen-bond acceptors (Lipinski definition) is 7. The summed E-state index contributed by atoms with van der Waals surface area (Å²) in [6.45, 7) is 1.93. The molecule has 2 heterocycles. The zero-order valence-electron chi connectivity index (χ0n) is 15.2. The average molecular weight is 381 g/mol. The van der Waals surface area contributed by atoms with Crippen molar-refractivity contribution in [2.45, 2.75) is 25.9 Å². The number of aromatic nitrogens is 4. The average Bonchev–Trinajstić information content (AvgIpc) is 3.13. The Hall–Kier alpha value is -3.49. The van der Waals surface area contributed by atoms with Crippen LogP contribution in [-0.2, 0) is 9.53 Å². The van der Waals surface area contributed by atoms with Crippen molar-refractivity contribution in [1.82, 2.24) is 20.2 Å². The molecule has 0 aliphatic heterocycles. The van der Waals surface area contributed by atoms with E-state index in [1.807, 2.05) is 30.3 Å². The molecule has 0 spiro atoms. The number of nitrogens with zero attached hydrogens (tertiary/aromatic N) is 3. The first-order valence-corrected chi connectivity index (χ1v) is 9.05. The number of hydrogen-bond donors (Lipinski definition) is 2. The molecular formula is C19H19N5O4. The fraction of sp³-hybridized carbons (Fsp3) is 0.316. The number of amides is 1. The Kier molecular flexibility index (Phi) is 4.88. The SMILES string of the molecule is CCOC(=O)c1nnc(NC(=O)C2CC(Oc3cccc4cccnc34)C2)[nH]1. The third-order valence-electron chi connectivity index (χ3n) is 4.55. The fourth-order valence-corrected chi connectivity index (χ4v) is 3.06. The summed E-state index contributed by atoms with van der Waals surface area (Å²) in [5.41, 5.74) is 0.811. The van der Waals surface area contributed by atoms with Crippen molar-refractivity contribution in [2.75, 3.05) is 11.9 Å². The number of fused-ring (bicyclic) bond motifs is 1. The highest BCUT2D eigenvalue weighted by molar-refractivity contribution is 5.92. The minimum atomic E-state index is -0.615. The zero-order chi connectivity index (χ0) is 19.5. The quantitative estimate of drug-likeness (QED) is 0.629. The molecule has 2 aromatic heterocycles. The Morgan fingerprint density at radius 1 is 1.21 bits per heavy atom. The molecule has 0 bridgehead atoms. The van der Waals surface area contributed by atoms with Crippen LogP contribution in [0.25, 0.3) is 10.9 Å². The number of carbonyl (C=O) groups excluding carboxylic acids is 2. The summed E-state index contributed by atoms with van der Waals surface area (Å²) in [5.74, 6) is -0.204. The van der Waals surface area contributed by atoms with Crippen molar-refractivity contribution in [2.24, 2.45) is 5.92 Å². The Labute approximate surface area is 160 Å². The molecule has 1 aliphatic rings. The summed E-state index contributed by atoms with van der Waals surface area (Å²) in [4.78, 5) is 30.9. The van der Waals surface area contributed by atoms with Gasteiger partial charge in [-0.3, -0.25) is 15.1 Å². The Balaban J connectivity index is 1.31. The first-order chi connectivity index (χ1) is 13.6. The van der Waals surface area contributed by atoms with E-state index in [2.05, 4.69) is 25.5 Å². The van der Waals surface area contributed by atoms with Crippen LogP contribution in [0.5, 0.6) is 5.75 Å². The number of carbonyl (C=O) groups is 2. The fourth-order valence-electron chi connectivity index (χ4n) is 3.06. The van der Waals surface area contributed by atoms with Crippen LogP contribution >= 0.6 is 0 Å². The van der Waals surface area contributed by atoms with Gasteiger partial charge in [0.05, 0.1) is 6.61 Å². The summed E-state index contributed by atoms with van der Waals surface area (Å²) in [6.07, 6.45) is 2.86. The van der Waals surface area contributed by atoms with Crippen LogP contribution in [0, 0.1) is 5.92 Å². The third-order valence-corrected chi connectivity index (χ3v) is 4.55. The molecule has 0 radical (unpaired) electrons. The highest BCUT2D eigenvalue weighted by atomic mass is 16.5. The van der Waals surface area contributed by atoms with Crippen LogP contribution in [0.15, 0.2) is 36.5 Å². The van der Waals surface area contributed by atoms with E-state index in [4.69, 9.17) is 9.47 Å². The number of nitrogens with one attached hydrogen (secondary N) is 2. The lowest BCUT2D eigenvalue weighted by atomic mass is 9.81. The maximum Gasteiger partial charge on any atom is 0.376 e. The molecule has 1 aliphatic carbocycles. The molecule has 1 fully saturated rings. The molecule has 1 amide bonds. The van der Waals surface area contributed by atoms with Crippen LogP contribution in [0.3, 0.4) is 0 Å². The summed E-state index contributed by atoms with van der Waals surface area (Å²) in [5, 5.41) is 11.0. The molecule has 2 N–H and O–H groups in total. The molecule has 0 saturated heterocycles. The molecule has 9 nitrogen and oxygen atoms in total. The van der Waals surface area contributed by atoms with Crippen molar-refractivity contribution in [3.63, 3.8) is 0 Å². The largest absolute Gasteiger partial charge is 0.488 e. The standard InChI is InChI=1S/C19H19N5O4/c1-2-27-18(26)16-21-19(24-23-16)22-17(25)12-9-13(10-12)28-14-7-3-5-11-6-4-8-20-15(11)14/h3-8,12-13H,2,9-10H2,1H3,(H2,21,22,23,24,25). The van der Waals surface area contributed by atoms with E-state index in [-0.39, 0.29) is 36.3 Å². The third kappa shape index (κ3) is 3.64. The summed E-state index contributed by atoms with van der Waals surface area (Å²) in [7, 11) is 0. The van der Waals surface area contributed by atoms with Gasteiger partial charge in [0.2, 0.25) is 17.7 Å². The number of rotatable bonds is 6. The lowest BCUT2D eigenvalue weighted by molar-refractivity contribution is -0.125. The number of esters is 1. The number of para-hydroxylation sites is 1. The van der Waals surface area contributed by atoms with Gasteiger partial charge in [0, 0.05) is 17.5 Å². The maximum absolute atomic E-state index is 12.3. The van der Waals surface area contributed by atoms with E-state index >= 15 is 0 Å². The van der Waals surface area contributed by atoms with Gasteiger partial charge in [0.15, 0.2) is 0 Å². The van der Waals surface area contributed by atoms with Crippen molar-refractivity contribution in [3.8, 4) is 5.75 Å². The van der Waals surface area contributed by atoms with Gasteiger partial charge in [-0.05, 0) is 31.9 Å². The van der Waals surface area contributed by atoms with Gasteiger partial charge in [0.25, 0.3) is 0 Å². The first-order valence-electron chi connectivity index (χ1n) is 9.05. The topological polar surface area (TPSA) is 119 Å². The van der Waals surface area contributed by atoms with Crippen LogP contribution in [0.4, 0.5) is 5.95 Å². The summed E-state index contributed by atoms with van der Waals surface area (Å²) < 4.78 is 10.8. The van der Waals surface area contributed by atoms with E-state index in [1.165, 1.54) is 0 Å². The van der Waals surface area contributed by atoms with Crippen LogP contribution in [0.1, 0.15) is 30.4 Å². The van der Waals surface area contributed by atoms with E-state index in [1.54, 1.807) is 13.1 Å². The number of ether oxygens (including phenoxy) is 2. The number of aromatic amines is 1. The second kappa shape index (κ2) is 7.63. The lowest BCUT2D eigenvalue weighted by Crippen LogP contribution is -2.41. The second-order valence-electron chi connectivity index (χ2n) is 6.47. The van der Waals surface area contributed by atoms with E-state index in [0.29, 0.717) is 12.8 Å². The molecule has 1 aromatic carbocycles. The minimum absolute atomic E-state index is 0.0459. The van der Waals surface area contributed by atoms with Gasteiger partial charge in [-0.15, -0.1) is 10.2 Å². The molecule has 0 unspecified atom stereocenters. The summed E-state index contributed by atoms with van der Waals surface area (Å²) >= 11 is 0. The molecule has 9 heteroatoms. The predicted octanol–water partition coefficient (Wildman–Crippen LogP) is 2.33. The number of pyridine rings is 1. The molecule has 4 rings (SSSR count). The van der Waals surface area contributed by atoms with Crippen LogP contribution in [-0.4, -0.2) is 44.8 Å². The van der Waals surface area contributed by atoms with Gasteiger partial charge in [-0.25, -0.2) is 4.79 Å². The van der Waals surface area contributed by atoms with Crippen LogP contribution < -0.4 is 10.1 Å². The molecule has 0 atom stereocenters. The van der Waals surface area contributed by atoms with Crippen molar-refractivity contribution < 1.29 is 19.1 Å². The Bertz CT molecular complexity index is 1010. The number of H-pyrrole nitrogens is 1. The molecular weight excluding hydrogens is 362 g/mol. The molecule has 144 valence electrons. The highest BCUT2D eigenvalue weighted by Crippen LogP contribution is 2.34. The lowest BCUT2D eigenvalue weighted by Gasteiger charge is -2.34. The minimum Gasteiger partial charge on any atom is -0.488 e. The maximum atomic E-state index is 12.3. The van der Waals surface area contributed by atoms with E-state index in [0.717, 1.165) is 16.7 Å². The van der Waals surface area contributed by atoms with Crippen molar-refractivity contribution in [3.05, 3.63) is 42.4 Å². The van der Waals surface area contributed by atoms with Gasteiger partial charge in [-0.2, -0.15) is 0 Å². The normalized spacial score (nSPS) is 18.3. The number of benzene rings is 1. The van der Waals surface area contributed by atoms with Crippen molar-refractivity contribution in [1.29, 1.82) is 0 Å². The van der Waals surface area contributed by atoms with E-state index in [9.17, 15) is 9.59 Å². The van der Waals surface area contributed by atoms with Gasteiger partial charge >= 0.3 is 5.97 Å². The van der Waals surface area contributed by atoms with E-state index < -0.39 is 5.97 Å². The summed E-state index contributed by atoms with van der Waals surface area (Å²) in [6, 6.07) is 9.65. The smallest absolute Gasteiger partial charge is 0.376 e. The molecule has 28 heavy (non-hydrogen) atoms. The van der Waals surface area contributed by atoms with Crippen molar-refractivity contribution >= 4 is 28.7 Å². The van der Waals surface area contributed by atoms with Gasteiger partial charge in [0.1, 0.15) is 17.4 Å². The molecule has 3 aromatic rings. The van der Waals surface area contributed by atoms with Gasteiger partial charge < -0.3 is 14.5 Å². The first kappa shape index (κ1) is 17.9.